The van der Waals surface area contributed by atoms with Crippen LogP contribution in [0, 0.1) is 0 Å². The Labute approximate surface area is 168 Å². The topological polar surface area (TPSA) is 109 Å². The Morgan fingerprint density at radius 1 is 1.18 bits per heavy atom. The van der Waals surface area contributed by atoms with Crippen molar-refractivity contribution in [3.63, 3.8) is 0 Å². The van der Waals surface area contributed by atoms with E-state index in [2.05, 4.69) is 10.2 Å². The highest BCUT2D eigenvalue weighted by molar-refractivity contribution is 7.89. The maximum atomic E-state index is 12.8. The summed E-state index contributed by atoms with van der Waals surface area (Å²) >= 11 is 6.00. The van der Waals surface area contributed by atoms with Gasteiger partial charge >= 0.3 is 0 Å². The van der Waals surface area contributed by atoms with Gasteiger partial charge in [-0.3, -0.25) is 9.89 Å². The SMILES string of the molecule is CC(c1cccc(S(N)(=O)=O)c1)N(C)C(=O)c1cc(-c2cccc(Cl)c2)n[nH]1. The monoisotopic (exact) mass is 418 g/mol. The Kier molecular flexibility index (Phi) is 5.55. The summed E-state index contributed by atoms with van der Waals surface area (Å²) in [5, 5.41) is 12.7. The maximum Gasteiger partial charge on any atom is 0.272 e. The third kappa shape index (κ3) is 4.24. The first-order valence-corrected chi connectivity index (χ1v) is 10.3. The molecule has 0 radical (unpaired) electrons. The van der Waals surface area contributed by atoms with Gasteiger partial charge in [0, 0.05) is 17.6 Å². The second-order valence-electron chi connectivity index (χ2n) is 6.39. The fraction of sp³-hybridized carbons (Fsp3) is 0.158. The number of amides is 1. The number of nitrogens with zero attached hydrogens (tertiary/aromatic N) is 2. The van der Waals surface area contributed by atoms with Crippen molar-refractivity contribution >= 4 is 27.5 Å². The fourth-order valence-corrected chi connectivity index (χ4v) is 3.53. The van der Waals surface area contributed by atoms with Gasteiger partial charge in [0.05, 0.1) is 16.6 Å². The van der Waals surface area contributed by atoms with Gasteiger partial charge in [0.15, 0.2) is 0 Å². The van der Waals surface area contributed by atoms with Gasteiger partial charge in [-0.15, -0.1) is 0 Å². The second kappa shape index (κ2) is 7.75. The molecule has 1 heterocycles. The van der Waals surface area contributed by atoms with Crippen LogP contribution in [-0.4, -0.2) is 36.5 Å². The van der Waals surface area contributed by atoms with E-state index in [1.807, 2.05) is 6.07 Å². The van der Waals surface area contributed by atoms with E-state index >= 15 is 0 Å². The molecule has 0 aliphatic carbocycles. The molecule has 7 nitrogen and oxygen atoms in total. The molecule has 1 amide bonds. The zero-order valence-electron chi connectivity index (χ0n) is 15.3. The molecule has 0 bridgehead atoms. The molecule has 9 heteroatoms. The average Bonchev–Trinajstić information content (AvgIpc) is 3.16. The molecular formula is C19H19ClN4O3S. The van der Waals surface area contributed by atoms with Crippen molar-refractivity contribution in [3.8, 4) is 11.3 Å². The summed E-state index contributed by atoms with van der Waals surface area (Å²) in [5.74, 6) is -0.283. The van der Waals surface area contributed by atoms with Crippen LogP contribution in [0.4, 0.5) is 0 Å². The van der Waals surface area contributed by atoms with E-state index in [9.17, 15) is 13.2 Å². The highest BCUT2D eigenvalue weighted by Crippen LogP contribution is 2.25. The number of nitrogens with one attached hydrogen (secondary N) is 1. The summed E-state index contributed by atoms with van der Waals surface area (Å²) in [6.07, 6.45) is 0. The number of nitrogens with two attached hydrogens (primary N) is 1. The zero-order chi connectivity index (χ0) is 20.5. The van der Waals surface area contributed by atoms with Crippen LogP contribution in [0.1, 0.15) is 29.0 Å². The normalized spacial score (nSPS) is 12.6. The lowest BCUT2D eigenvalue weighted by molar-refractivity contribution is 0.0736. The predicted octanol–water partition coefficient (Wildman–Crippen LogP) is 3.21. The van der Waals surface area contributed by atoms with E-state index in [0.29, 0.717) is 22.0 Å². The number of hydrogen-bond acceptors (Lipinski definition) is 4. The van der Waals surface area contributed by atoms with Crippen LogP contribution < -0.4 is 5.14 Å². The van der Waals surface area contributed by atoms with Crippen LogP contribution in [0.2, 0.25) is 5.02 Å². The van der Waals surface area contributed by atoms with Crippen molar-refractivity contribution in [1.82, 2.24) is 15.1 Å². The van der Waals surface area contributed by atoms with Crippen molar-refractivity contribution in [3.05, 3.63) is 70.9 Å². The molecule has 0 spiro atoms. The molecule has 3 N–H and O–H groups in total. The van der Waals surface area contributed by atoms with Crippen LogP contribution in [0.5, 0.6) is 0 Å². The number of carbonyl (C=O) groups excluding carboxylic acids is 1. The van der Waals surface area contributed by atoms with Crippen molar-refractivity contribution in [2.24, 2.45) is 5.14 Å². The van der Waals surface area contributed by atoms with Gasteiger partial charge in [0.2, 0.25) is 10.0 Å². The zero-order valence-corrected chi connectivity index (χ0v) is 16.8. The molecule has 2 aromatic carbocycles. The molecule has 28 heavy (non-hydrogen) atoms. The minimum atomic E-state index is -3.82. The van der Waals surface area contributed by atoms with E-state index in [-0.39, 0.29) is 16.8 Å². The molecule has 1 aromatic heterocycles. The van der Waals surface area contributed by atoms with Gasteiger partial charge in [0.1, 0.15) is 5.69 Å². The molecule has 3 aromatic rings. The first kappa shape index (κ1) is 20.1. The predicted molar refractivity (Wildman–Crippen MR) is 107 cm³/mol. The lowest BCUT2D eigenvalue weighted by Crippen LogP contribution is -2.30. The number of benzene rings is 2. The summed E-state index contributed by atoms with van der Waals surface area (Å²) < 4.78 is 23.1. The molecule has 0 saturated heterocycles. The summed E-state index contributed by atoms with van der Waals surface area (Å²) in [6.45, 7) is 1.80. The highest BCUT2D eigenvalue weighted by atomic mass is 35.5. The van der Waals surface area contributed by atoms with Crippen LogP contribution in [0.25, 0.3) is 11.3 Å². The summed E-state index contributed by atoms with van der Waals surface area (Å²) in [4.78, 5) is 14.3. The van der Waals surface area contributed by atoms with Crippen molar-refractivity contribution in [2.75, 3.05) is 7.05 Å². The Morgan fingerprint density at radius 2 is 1.89 bits per heavy atom. The summed E-state index contributed by atoms with van der Waals surface area (Å²) in [7, 11) is -2.18. The third-order valence-electron chi connectivity index (χ3n) is 4.50. The van der Waals surface area contributed by atoms with E-state index in [1.165, 1.54) is 17.0 Å². The molecule has 1 unspecified atom stereocenters. The molecule has 0 saturated carbocycles. The van der Waals surface area contributed by atoms with E-state index < -0.39 is 10.0 Å². The number of halogens is 1. The minimum Gasteiger partial charge on any atom is -0.334 e. The minimum absolute atomic E-state index is 0.00230. The lowest BCUT2D eigenvalue weighted by atomic mass is 10.1. The number of aromatic nitrogens is 2. The quantitative estimate of drug-likeness (QED) is 0.662. The molecule has 0 aliphatic heterocycles. The molecule has 1 atom stereocenters. The van der Waals surface area contributed by atoms with E-state index in [4.69, 9.17) is 16.7 Å². The summed E-state index contributed by atoms with van der Waals surface area (Å²) in [6, 6.07) is 14.7. The Hall–Kier alpha value is -2.68. The molecule has 0 aliphatic rings. The number of rotatable bonds is 5. The number of primary sulfonamides is 1. The van der Waals surface area contributed by atoms with Crippen molar-refractivity contribution in [2.45, 2.75) is 17.9 Å². The standard InChI is InChI=1S/C19H19ClN4O3S/c1-12(13-5-4-8-16(10-13)28(21,26)27)24(2)19(25)18-11-17(22-23-18)14-6-3-7-15(20)9-14/h3-12H,1-2H3,(H,22,23)(H2,21,26,27). The number of aromatic amines is 1. The fourth-order valence-electron chi connectivity index (χ4n) is 2.77. The second-order valence-corrected chi connectivity index (χ2v) is 8.38. The van der Waals surface area contributed by atoms with Gasteiger partial charge in [-0.2, -0.15) is 5.10 Å². The van der Waals surface area contributed by atoms with Crippen LogP contribution in [-0.2, 0) is 10.0 Å². The Balaban J connectivity index is 1.83. The molecular weight excluding hydrogens is 400 g/mol. The van der Waals surface area contributed by atoms with E-state index in [1.54, 1.807) is 50.4 Å². The maximum absolute atomic E-state index is 12.8. The smallest absolute Gasteiger partial charge is 0.272 e. The largest absolute Gasteiger partial charge is 0.334 e. The number of hydrogen-bond donors (Lipinski definition) is 2. The first-order chi connectivity index (χ1) is 13.2. The van der Waals surface area contributed by atoms with Gasteiger partial charge in [-0.25, -0.2) is 13.6 Å². The van der Waals surface area contributed by atoms with Gasteiger partial charge in [-0.1, -0.05) is 35.9 Å². The molecule has 146 valence electrons. The number of H-pyrrole nitrogens is 1. The van der Waals surface area contributed by atoms with Crippen molar-refractivity contribution < 1.29 is 13.2 Å². The number of sulfonamides is 1. The van der Waals surface area contributed by atoms with Crippen LogP contribution >= 0.6 is 11.6 Å². The van der Waals surface area contributed by atoms with Crippen LogP contribution in [0.3, 0.4) is 0 Å². The Bertz CT molecular complexity index is 1130. The van der Waals surface area contributed by atoms with Crippen molar-refractivity contribution in [1.29, 1.82) is 0 Å². The molecule has 0 fully saturated rings. The van der Waals surface area contributed by atoms with E-state index in [0.717, 1.165) is 5.56 Å². The highest BCUT2D eigenvalue weighted by Gasteiger charge is 2.22. The van der Waals surface area contributed by atoms with Crippen LogP contribution in [0.15, 0.2) is 59.5 Å². The number of carbonyl (C=O) groups is 1. The van der Waals surface area contributed by atoms with Gasteiger partial charge in [0.25, 0.3) is 5.91 Å². The van der Waals surface area contributed by atoms with Gasteiger partial charge in [-0.05, 0) is 42.8 Å². The first-order valence-electron chi connectivity index (χ1n) is 8.38. The summed E-state index contributed by atoms with van der Waals surface area (Å²) in [5.41, 5.74) is 2.35. The third-order valence-corrected chi connectivity index (χ3v) is 5.65. The Morgan fingerprint density at radius 3 is 2.57 bits per heavy atom. The van der Waals surface area contributed by atoms with Gasteiger partial charge < -0.3 is 4.90 Å². The molecule has 3 rings (SSSR count). The average molecular weight is 419 g/mol. The lowest BCUT2D eigenvalue weighted by Gasteiger charge is -2.25.